The fraction of sp³-hybridized carbons (Fsp3) is 0.667. The number of piperidine rings is 1. The van der Waals surface area contributed by atoms with E-state index < -0.39 is 5.60 Å². The Balaban J connectivity index is 1.65. The number of nitrogens with zero attached hydrogens (tertiary/aromatic N) is 3. The Morgan fingerprint density at radius 1 is 1.20 bits per heavy atom. The lowest BCUT2D eigenvalue weighted by Gasteiger charge is -2.41. The van der Waals surface area contributed by atoms with Gasteiger partial charge >= 0.3 is 12.2 Å². The van der Waals surface area contributed by atoms with E-state index in [9.17, 15) is 9.59 Å². The highest BCUT2D eigenvalue weighted by molar-refractivity contribution is 5.71. The zero-order chi connectivity index (χ0) is 21.6. The van der Waals surface area contributed by atoms with Crippen molar-refractivity contribution in [2.24, 2.45) is 0 Å². The van der Waals surface area contributed by atoms with Crippen molar-refractivity contribution in [3.05, 3.63) is 24.5 Å². The number of nitrogens with one attached hydrogen (secondary N) is 1. The zero-order valence-electron chi connectivity index (χ0n) is 18.0. The molecule has 0 aliphatic carbocycles. The lowest BCUT2D eigenvalue weighted by atomic mass is 10.1. The molecule has 9 heteroatoms. The summed E-state index contributed by atoms with van der Waals surface area (Å²) in [6, 6.07) is 3.24. The van der Waals surface area contributed by atoms with E-state index in [1.54, 1.807) is 34.3 Å². The van der Waals surface area contributed by atoms with Crippen LogP contribution in [0.1, 0.15) is 33.6 Å². The molecule has 2 aliphatic rings. The van der Waals surface area contributed by atoms with E-state index in [-0.39, 0.29) is 30.9 Å². The average Bonchev–Trinajstić information content (AvgIpc) is 2.72. The van der Waals surface area contributed by atoms with Crippen LogP contribution in [0.25, 0.3) is 0 Å². The van der Waals surface area contributed by atoms with Gasteiger partial charge in [0.1, 0.15) is 24.1 Å². The highest BCUT2D eigenvalue weighted by atomic mass is 16.6. The fourth-order valence-electron chi connectivity index (χ4n) is 3.48. The van der Waals surface area contributed by atoms with Crippen LogP contribution < -0.4 is 10.1 Å². The molecule has 0 saturated carbocycles. The van der Waals surface area contributed by atoms with Gasteiger partial charge in [-0.25, -0.2) is 9.59 Å². The number of hydrogen-bond acceptors (Lipinski definition) is 7. The maximum Gasteiger partial charge on any atom is 0.410 e. The van der Waals surface area contributed by atoms with Crippen molar-refractivity contribution in [3.8, 4) is 5.75 Å². The summed E-state index contributed by atoms with van der Waals surface area (Å²) in [5, 5.41) is 3.26. The molecule has 0 spiro atoms. The molecule has 1 unspecified atom stereocenters. The molecule has 9 nitrogen and oxygen atoms in total. The molecule has 0 aromatic carbocycles. The second kappa shape index (κ2) is 9.97. The first-order valence-corrected chi connectivity index (χ1v) is 10.5. The van der Waals surface area contributed by atoms with Gasteiger partial charge in [-0.15, -0.1) is 0 Å². The predicted molar refractivity (Wildman–Crippen MR) is 110 cm³/mol. The van der Waals surface area contributed by atoms with Crippen LogP contribution in [0.5, 0.6) is 5.75 Å². The molecule has 1 atom stereocenters. The third kappa shape index (κ3) is 6.48. The molecule has 166 valence electrons. The summed E-state index contributed by atoms with van der Waals surface area (Å²) in [5.41, 5.74) is -0.579. The number of pyridine rings is 1. The van der Waals surface area contributed by atoms with E-state index >= 15 is 0 Å². The minimum atomic E-state index is -0.579. The monoisotopic (exact) mass is 420 g/mol. The second-order valence-electron chi connectivity index (χ2n) is 8.61. The number of carbonyl (C=O) groups excluding carboxylic acids is 2. The van der Waals surface area contributed by atoms with Crippen molar-refractivity contribution in [1.29, 1.82) is 0 Å². The van der Waals surface area contributed by atoms with Gasteiger partial charge < -0.3 is 24.4 Å². The summed E-state index contributed by atoms with van der Waals surface area (Å²) in [4.78, 5) is 32.7. The predicted octanol–water partition coefficient (Wildman–Crippen LogP) is 2.27. The number of hydrogen-bond donors (Lipinski definition) is 1. The van der Waals surface area contributed by atoms with Crippen molar-refractivity contribution < 1.29 is 23.8 Å². The van der Waals surface area contributed by atoms with E-state index in [4.69, 9.17) is 14.2 Å². The van der Waals surface area contributed by atoms with Crippen molar-refractivity contribution in [2.45, 2.75) is 51.4 Å². The standard InChI is InChI=1S/C21H32N4O5/c1-21(2,3)30-19(26)24-11-12-25(20(27)29-17-6-9-22-10-7-17)16(14-24)15-28-18-5-4-8-23-13-18/h4-5,8,13,16-17,22H,6-7,9-12,14-15H2,1-3H3. The SMILES string of the molecule is CC(C)(C)OC(=O)N1CCN(C(=O)OC2CCNCC2)C(COc2cccnc2)C1. The summed E-state index contributed by atoms with van der Waals surface area (Å²) in [6.45, 7) is 8.49. The Kier molecular flexibility index (Phi) is 7.36. The molecule has 2 aliphatic heterocycles. The van der Waals surface area contributed by atoms with E-state index in [1.165, 1.54) is 0 Å². The Morgan fingerprint density at radius 2 is 1.97 bits per heavy atom. The molecule has 30 heavy (non-hydrogen) atoms. The fourth-order valence-corrected chi connectivity index (χ4v) is 3.48. The van der Waals surface area contributed by atoms with Crippen LogP contribution in [-0.2, 0) is 9.47 Å². The smallest absolute Gasteiger partial charge is 0.410 e. The molecular formula is C21H32N4O5. The van der Waals surface area contributed by atoms with Gasteiger partial charge in [-0.2, -0.15) is 0 Å². The maximum absolute atomic E-state index is 12.9. The van der Waals surface area contributed by atoms with E-state index in [2.05, 4.69) is 10.3 Å². The zero-order valence-corrected chi connectivity index (χ0v) is 18.0. The van der Waals surface area contributed by atoms with Gasteiger partial charge in [0, 0.05) is 25.8 Å². The van der Waals surface area contributed by atoms with Gasteiger partial charge in [0.15, 0.2) is 0 Å². The summed E-state index contributed by atoms with van der Waals surface area (Å²) in [7, 11) is 0. The minimum Gasteiger partial charge on any atom is -0.490 e. The van der Waals surface area contributed by atoms with Gasteiger partial charge in [-0.05, 0) is 58.8 Å². The molecule has 2 amide bonds. The number of carbonyl (C=O) groups is 2. The van der Waals surface area contributed by atoms with Crippen LogP contribution in [0.4, 0.5) is 9.59 Å². The van der Waals surface area contributed by atoms with E-state index in [1.807, 2.05) is 20.8 Å². The summed E-state index contributed by atoms with van der Waals surface area (Å²) in [6.07, 6.45) is 4.07. The van der Waals surface area contributed by atoms with Crippen LogP contribution >= 0.6 is 0 Å². The van der Waals surface area contributed by atoms with Crippen LogP contribution in [-0.4, -0.2) is 84.0 Å². The quantitative estimate of drug-likeness (QED) is 0.799. The van der Waals surface area contributed by atoms with Crippen LogP contribution in [0.3, 0.4) is 0 Å². The molecule has 0 radical (unpaired) electrons. The van der Waals surface area contributed by atoms with Crippen molar-refractivity contribution in [3.63, 3.8) is 0 Å². The number of amides is 2. The summed E-state index contributed by atoms with van der Waals surface area (Å²) in [5.74, 6) is 0.610. The maximum atomic E-state index is 12.9. The first kappa shape index (κ1) is 22.1. The Morgan fingerprint density at radius 3 is 2.63 bits per heavy atom. The normalized spacial score (nSPS) is 20.6. The van der Waals surface area contributed by atoms with Crippen molar-refractivity contribution in [2.75, 3.05) is 39.3 Å². The van der Waals surface area contributed by atoms with Gasteiger partial charge in [-0.3, -0.25) is 9.88 Å². The number of aromatic nitrogens is 1. The van der Waals surface area contributed by atoms with Crippen LogP contribution in [0.15, 0.2) is 24.5 Å². The first-order chi connectivity index (χ1) is 14.3. The molecule has 2 fully saturated rings. The van der Waals surface area contributed by atoms with Crippen molar-refractivity contribution >= 4 is 12.2 Å². The van der Waals surface area contributed by atoms with Gasteiger partial charge in [0.2, 0.25) is 0 Å². The molecule has 1 aromatic heterocycles. The van der Waals surface area contributed by atoms with Crippen LogP contribution in [0, 0.1) is 0 Å². The van der Waals surface area contributed by atoms with E-state index in [0.29, 0.717) is 25.4 Å². The third-order valence-electron chi connectivity index (χ3n) is 5.00. The van der Waals surface area contributed by atoms with Gasteiger partial charge in [-0.1, -0.05) is 0 Å². The highest BCUT2D eigenvalue weighted by Crippen LogP contribution is 2.19. The molecular weight excluding hydrogens is 388 g/mol. The molecule has 1 N–H and O–H groups in total. The highest BCUT2D eigenvalue weighted by Gasteiger charge is 2.36. The van der Waals surface area contributed by atoms with E-state index in [0.717, 1.165) is 25.9 Å². The number of rotatable bonds is 4. The molecule has 1 aromatic rings. The number of ether oxygens (including phenoxy) is 3. The third-order valence-corrected chi connectivity index (χ3v) is 5.00. The van der Waals surface area contributed by atoms with Gasteiger partial charge in [0.05, 0.1) is 12.2 Å². The lowest BCUT2D eigenvalue weighted by Crippen LogP contribution is -2.59. The Bertz CT molecular complexity index is 703. The molecule has 2 saturated heterocycles. The largest absolute Gasteiger partial charge is 0.490 e. The summed E-state index contributed by atoms with van der Waals surface area (Å²) >= 11 is 0. The minimum absolute atomic E-state index is 0.0810. The Hall–Kier alpha value is -2.55. The Labute approximate surface area is 177 Å². The molecule has 3 heterocycles. The first-order valence-electron chi connectivity index (χ1n) is 10.5. The van der Waals surface area contributed by atoms with Crippen molar-refractivity contribution in [1.82, 2.24) is 20.1 Å². The molecule has 3 rings (SSSR count). The average molecular weight is 421 g/mol. The topological polar surface area (TPSA) is 93.2 Å². The number of piperazine rings is 1. The molecule has 0 bridgehead atoms. The lowest BCUT2D eigenvalue weighted by molar-refractivity contribution is -0.0127. The van der Waals surface area contributed by atoms with Crippen LogP contribution in [0.2, 0.25) is 0 Å². The summed E-state index contributed by atoms with van der Waals surface area (Å²) < 4.78 is 17.1. The van der Waals surface area contributed by atoms with Gasteiger partial charge in [0.25, 0.3) is 0 Å². The second-order valence-corrected chi connectivity index (χ2v) is 8.61.